The molecule has 0 saturated carbocycles. The monoisotopic (exact) mass is 267 g/mol. The number of halogens is 2. The number of rotatable bonds is 5. The lowest BCUT2D eigenvalue weighted by atomic mass is 10.2. The zero-order valence-electron chi connectivity index (χ0n) is 10.7. The van der Waals surface area contributed by atoms with Gasteiger partial charge in [0, 0.05) is 25.4 Å². The van der Waals surface area contributed by atoms with Crippen molar-refractivity contribution in [2.75, 3.05) is 0 Å². The molecule has 0 unspecified atom stereocenters. The first-order valence-electron chi connectivity index (χ1n) is 5.88. The second-order valence-corrected chi connectivity index (χ2v) is 4.26. The molecule has 0 spiro atoms. The minimum Gasteiger partial charge on any atom is -0.302 e. The Kier molecular flexibility index (Phi) is 4.16. The van der Waals surface area contributed by atoms with Crippen LogP contribution in [-0.2, 0) is 13.6 Å². The van der Waals surface area contributed by atoms with Crippen LogP contribution in [0.5, 0.6) is 0 Å². The molecule has 0 radical (unpaired) electrons. The maximum absolute atomic E-state index is 12.4. The van der Waals surface area contributed by atoms with Gasteiger partial charge in [-0.2, -0.15) is 5.10 Å². The summed E-state index contributed by atoms with van der Waals surface area (Å²) in [5.74, 6) is 0.687. The van der Waals surface area contributed by atoms with Crippen LogP contribution in [0.2, 0.25) is 0 Å². The van der Waals surface area contributed by atoms with E-state index >= 15 is 0 Å². The number of hydrogen-bond acceptors (Lipinski definition) is 4. The van der Waals surface area contributed by atoms with Crippen LogP contribution < -0.4 is 5.32 Å². The van der Waals surface area contributed by atoms with Crippen molar-refractivity contribution in [1.29, 1.82) is 0 Å². The first-order chi connectivity index (χ1) is 9.06. The number of aryl methyl sites for hydroxylation is 1. The molecule has 2 aromatic heterocycles. The van der Waals surface area contributed by atoms with Crippen LogP contribution in [0.4, 0.5) is 8.78 Å². The summed E-state index contributed by atoms with van der Waals surface area (Å²) >= 11 is 0. The van der Waals surface area contributed by atoms with E-state index in [0.717, 1.165) is 0 Å². The summed E-state index contributed by atoms with van der Waals surface area (Å²) in [6.07, 6.45) is 0.348. The Bertz CT molecular complexity index is 523. The maximum atomic E-state index is 12.4. The summed E-state index contributed by atoms with van der Waals surface area (Å²) in [5, 5.41) is 7.37. The van der Waals surface area contributed by atoms with Crippen LogP contribution in [0.1, 0.15) is 36.5 Å². The molecule has 0 saturated heterocycles. The van der Waals surface area contributed by atoms with Crippen LogP contribution in [0, 0.1) is 0 Å². The van der Waals surface area contributed by atoms with Gasteiger partial charge in [-0.1, -0.05) is 0 Å². The van der Waals surface area contributed by atoms with Gasteiger partial charge in [0.25, 0.3) is 6.43 Å². The summed E-state index contributed by atoms with van der Waals surface area (Å²) in [4.78, 5) is 8.12. The molecular weight excluding hydrogens is 252 g/mol. The molecule has 19 heavy (non-hydrogen) atoms. The Morgan fingerprint density at radius 3 is 2.63 bits per heavy atom. The van der Waals surface area contributed by atoms with E-state index in [2.05, 4.69) is 20.4 Å². The lowest BCUT2D eigenvalue weighted by molar-refractivity contribution is 0.151. The predicted octanol–water partition coefficient (Wildman–Crippen LogP) is 2.00. The van der Waals surface area contributed by atoms with Crippen molar-refractivity contribution in [1.82, 2.24) is 25.1 Å². The fourth-order valence-electron chi connectivity index (χ4n) is 1.57. The highest BCUT2D eigenvalue weighted by atomic mass is 19.3. The molecule has 0 fully saturated rings. The van der Waals surface area contributed by atoms with Crippen LogP contribution >= 0.6 is 0 Å². The normalized spacial score (nSPS) is 12.9. The standard InChI is InChI=1S/C12H15F2N5/c1-8(12-17-7-19(2)18-12)15-6-10-4-3-9(5-16-10)11(13)14/h3-5,7-8,11,15H,6H2,1-2H3/t8-/m0/s1. The molecule has 1 atom stereocenters. The molecule has 0 bridgehead atoms. The summed E-state index contributed by atoms with van der Waals surface area (Å²) in [7, 11) is 1.80. The molecule has 1 N–H and O–H groups in total. The van der Waals surface area contributed by atoms with E-state index in [-0.39, 0.29) is 11.6 Å². The topological polar surface area (TPSA) is 55.6 Å². The Balaban J connectivity index is 1.91. The van der Waals surface area contributed by atoms with E-state index in [1.807, 2.05) is 6.92 Å². The molecule has 2 heterocycles. The number of aromatic nitrogens is 4. The smallest absolute Gasteiger partial charge is 0.265 e. The number of pyridine rings is 1. The molecule has 102 valence electrons. The molecular formula is C12H15F2N5. The minimum absolute atomic E-state index is 0.0298. The Hall–Kier alpha value is -1.89. The highest BCUT2D eigenvalue weighted by Gasteiger charge is 2.10. The quantitative estimate of drug-likeness (QED) is 0.900. The van der Waals surface area contributed by atoms with Crippen molar-refractivity contribution in [3.63, 3.8) is 0 Å². The second kappa shape index (κ2) is 5.83. The minimum atomic E-state index is -2.48. The Morgan fingerprint density at radius 1 is 1.32 bits per heavy atom. The maximum Gasteiger partial charge on any atom is 0.265 e. The number of alkyl halides is 2. The Labute approximate surface area is 109 Å². The van der Waals surface area contributed by atoms with Crippen LogP contribution in [0.3, 0.4) is 0 Å². The van der Waals surface area contributed by atoms with Gasteiger partial charge in [0.15, 0.2) is 5.82 Å². The van der Waals surface area contributed by atoms with Crippen molar-refractivity contribution in [2.24, 2.45) is 7.05 Å². The number of nitrogens with zero attached hydrogens (tertiary/aromatic N) is 4. The zero-order valence-corrected chi connectivity index (χ0v) is 10.7. The van der Waals surface area contributed by atoms with E-state index in [1.165, 1.54) is 12.3 Å². The SMILES string of the molecule is C[C@H](NCc1ccc(C(F)F)cn1)c1ncn(C)n1. The molecule has 2 aromatic rings. The number of hydrogen-bond donors (Lipinski definition) is 1. The lowest BCUT2D eigenvalue weighted by Crippen LogP contribution is -2.20. The van der Waals surface area contributed by atoms with E-state index in [9.17, 15) is 8.78 Å². The first-order valence-corrected chi connectivity index (χ1v) is 5.88. The van der Waals surface area contributed by atoms with Crippen molar-refractivity contribution in [3.8, 4) is 0 Å². The van der Waals surface area contributed by atoms with Gasteiger partial charge >= 0.3 is 0 Å². The number of nitrogens with one attached hydrogen (secondary N) is 1. The van der Waals surface area contributed by atoms with E-state index in [1.54, 1.807) is 24.1 Å². The largest absolute Gasteiger partial charge is 0.302 e. The highest BCUT2D eigenvalue weighted by molar-refractivity contribution is 5.15. The lowest BCUT2D eigenvalue weighted by Gasteiger charge is -2.10. The fourth-order valence-corrected chi connectivity index (χ4v) is 1.57. The van der Waals surface area contributed by atoms with E-state index < -0.39 is 6.43 Å². The fraction of sp³-hybridized carbons (Fsp3) is 0.417. The molecule has 0 aromatic carbocycles. The van der Waals surface area contributed by atoms with Gasteiger partial charge in [-0.25, -0.2) is 13.8 Å². The van der Waals surface area contributed by atoms with Crippen molar-refractivity contribution >= 4 is 0 Å². The van der Waals surface area contributed by atoms with Crippen LogP contribution in [0.15, 0.2) is 24.7 Å². The van der Waals surface area contributed by atoms with Crippen molar-refractivity contribution in [2.45, 2.75) is 25.9 Å². The van der Waals surface area contributed by atoms with Crippen molar-refractivity contribution in [3.05, 3.63) is 41.7 Å². The van der Waals surface area contributed by atoms with Gasteiger partial charge in [-0.05, 0) is 19.1 Å². The second-order valence-electron chi connectivity index (χ2n) is 4.26. The predicted molar refractivity (Wildman–Crippen MR) is 65.5 cm³/mol. The zero-order chi connectivity index (χ0) is 13.8. The van der Waals surface area contributed by atoms with Gasteiger partial charge in [0.05, 0.1) is 11.7 Å². The van der Waals surface area contributed by atoms with Gasteiger partial charge in [0.2, 0.25) is 0 Å². The molecule has 0 aliphatic heterocycles. The van der Waals surface area contributed by atoms with E-state index in [0.29, 0.717) is 18.1 Å². The van der Waals surface area contributed by atoms with Gasteiger partial charge in [-0.3, -0.25) is 9.67 Å². The highest BCUT2D eigenvalue weighted by Crippen LogP contribution is 2.17. The molecule has 0 amide bonds. The first kappa shape index (κ1) is 13.5. The molecule has 0 aliphatic carbocycles. The third-order valence-corrected chi connectivity index (χ3v) is 2.69. The average molecular weight is 267 g/mol. The van der Waals surface area contributed by atoms with Gasteiger partial charge < -0.3 is 5.32 Å². The summed E-state index contributed by atoms with van der Waals surface area (Å²) in [5.41, 5.74) is 0.635. The van der Waals surface area contributed by atoms with Crippen LogP contribution in [-0.4, -0.2) is 19.7 Å². The summed E-state index contributed by atoms with van der Waals surface area (Å²) in [6.45, 7) is 2.41. The molecule has 0 aliphatic rings. The molecule has 7 heteroatoms. The Morgan fingerprint density at radius 2 is 2.11 bits per heavy atom. The summed E-state index contributed by atoms with van der Waals surface area (Å²) < 4.78 is 26.4. The molecule has 2 rings (SSSR count). The molecule has 5 nitrogen and oxygen atoms in total. The van der Waals surface area contributed by atoms with Gasteiger partial charge in [-0.15, -0.1) is 0 Å². The summed E-state index contributed by atoms with van der Waals surface area (Å²) in [6, 6.07) is 2.95. The van der Waals surface area contributed by atoms with Crippen LogP contribution in [0.25, 0.3) is 0 Å². The van der Waals surface area contributed by atoms with Gasteiger partial charge in [0.1, 0.15) is 6.33 Å². The van der Waals surface area contributed by atoms with E-state index in [4.69, 9.17) is 0 Å². The third kappa shape index (κ3) is 3.54. The van der Waals surface area contributed by atoms with Crippen molar-refractivity contribution < 1.29 is 8.78 Å². The third-order valence-electron chi connectivity index (χ3n) is 2.69. The average Bonchev–Trinajstić information content (AvgIpc) is 2.83.